The largest absolute Gasteiger partial charge is 0.466 e. The smallest absolute Gasteiger partial charge is 0.305 e. The van der Waals surface area contributed by atoms with Crippen molar-refractivity contribution >= 4 is 11.9 Å². The van der Waals surface area contributed by atoms with E-state index in [1.165, 1.54) is 334 Å². The molecule has 1 amide bonds. The second kappa shape index (κ2) is 70.6. The van der Waals surface area contributed by atoms with Crippen molar-refractivity contribution < 1.29 is 24.5 Å². The van der Waals surface area contributed by atoms with Crippen LogP contribution in [-0.2, 0) is 14.3 Å². The van der Waals surface area contributed by atoms with Crippen molar-refractivity contribution in [2.24, 2.45) is 0 Å². The molecule has 0 aromatic carbocycles. The maximum Gasteiger partial charge on any atom is 0.305 e. The zero-order valence-electron chi connectivity index (χ0n) is 54.8. The molecule has 6 nitrogen and oxygen atoms in total. The number of hydrogen-bond donors (Lipinski definition) is 3. The van der Waals surface area contributed by atoms with Crippen molar-refractivity contribution in [3.05, 3.63) is 36.5 Å². The summed E-state index contributed by atoms with van der Waals surface area (Å²) in [6.07, 6.45) is 91.2. The molecule has 0 bridgehead atoms. The van der Waals surface area contributed by atoms with Crippen LogP contribution in [0.4, 0.5) is 0 Å². The van der Waals surface area contributed by atoms with Gasteiger partial charge >= 0.3 is 5.97 Å². The van der Waals surface area contributed by atoms with Gasteiger partial charge in [0.1, 0.15) is 0 Å². The molecular weight excluding hydrogens is 995 g/mol. The topological polar surface area (TPSA) is 95.9 Å². The third-order valence-electron chi connectivity index (χ3n) is 17.2. The highest BCUT2D eigenvalue weighted by atomic mass is 16.5. The number of esters is 1. The minimum atomic E-state index is -0.841. The Morgan fingerprint density at radius 1 is 0.346 bits per heavy atom. The molecule has 0 aliphatic rings. The van der Waals surface area contributed by atoms with Crippen molar-refractivity contribution in [1.82, 2.24) is 5.32 Å². The lowest BCUT2D eigenvalue weighted by Gasteiger charge is -2.20. The number of carbonyl (C=O) groups is 2. The maximum absolute atomic E-state index is 12.4. The molecule has 6 heteroatoms. The van der Waals surface area contributed by atoms with Gasteiger partial charge in [-0.25, -0.2) is 0 Å². The Kier molecular flexibility index (Phi) is 68.9. The molecule has 0 aliphatic heterocycles. The first-order valence-corrected chi connectivity index (χ1v) is 36.8. The molecule has 0 aromatic heterocycles. The van der Waals surface area contributed by atoms with E-state index < -0.39 is 12.1 Å². The number of nitrogens with one attached hydrogen (secondary N) is 1. The summed E-state index contributed by atoms with van der Waals surface area (Å²) in [5.41, 5.74) is 0. The highest BCUT2D eigenvalue weighted by Gasteiger charge is 2.18. The van der Waals surface area contributed by atoms with Gasteiger partial charge in [0.25, 0.3) is 0 Å². The van der Waals surface area contributed by atoms with E-state index in [1.54, 1.807) is 6.08 Å². The van der Waals surface area contributed by atoms with Gasteiger partial charge in [-0.1, -0.05) is 365 Å². The van der Waals surface area contributed by atoms with Crippen LogP contribution >= 0.6 is 0 Å². The number of allylic oxidation sites excluding steroid dienone is 5. The number of rotatable bonds is 69. The lowest BCUT2D eigenvalue weighted by Crippen LogP contribution is -2.45. The molecular formula is C75H143NO5. The van der Waals surface area contributed by atoms with Gasteiger partial charge in [-0.3, -0.25) is 9.59 Å². The summed E-state index contributed by atoms with van der Waals surface area (Å²) < 4.78 is 5.50. The van der Waals surface area contributed by atoms with E-state index >= 15 is 0 Å². The summed E-state index contributed by atoms with van der Waals surface area (Å²) in [5.74, 6) is -0.0419. The molecule has 81 heavy (non-hydrogen) atoms. The number of carbonyl (C=O) groups excluding carboxylic acids is 2. The molecule has 0 heterocycles. The van der Waals surface area contributed by atoms with E-state index in [-0.39, 0.29) is 18.5 Å². The summed E-state index contributed by atoms with van der Waals surface area (Å²) in [5, 5.41) is 23.1. The monoisotopic (exact) mass is 1140 g/mol. The molecule has 2 unspecified atom stereocenters. The van der Waals surface area contributed by atoms with Crippen LogP contribution in [0.5, 0.6) is 0 Å². The van der Waals surface area contributed by atoms with Gasteiger partial charge in [0.05, 0.1) is 25.4 Å². The number of unbranched alkanes of at least 4 members (excludes halogenated alkanes) is 54. The molecule has 0 radical (unpaired) electrons. The second-order valence-corrected chi connectivity index (χ2v) is 25.3. The van der Waals surface area contributed by atoms with Crippen LogP contribution in [0.15, 0.2) is 36.5 Å². The Labute approximate surface area is 506 Å². The Morgan fingerprint density at radius 3 is 0.938 bits per heavy atom. The van der Waals surface area contributed by atoms with Gasteiger partial charge in [-0.05, 0) is 64.2 Å². The molecule has 2 atom stereocenters. The summed E-state index contributed by atoms with van der Waals surface area (Å²) in [6, 6.07) is -0.624. The van der Waals surface area contributed by atoms with E-state index in [4.69, 9.17) is 4.74 Å². The molecule has 0 spiro atoms. The highest BCUT2D eigenvalue weighted by molar-refractivity contribution is 5.76. The van der Waals surface area contributed by atoms with Crippen LogP contribution in [0.1, 0.15) is 406 Å². The molecule has 0 fully saturated rings. The number of aliphatic hydroxyl groups is 2. The predicted octanol–water partition coefficient (Wildman–Crippen LogP) is 23.9. The van der Waals surface area contributed by atoms with Gasteiger partial charge in [-0.2, -0.15) is 0 Å². The normalized spacial score (nSPS) is 12.7. The molecule has 0 aromatic rings. The van der Waals surface area contributed by atoms with Crippen molar-refractivity contribution in [2.75, 3.05) is 13.2 Å². The molecule has 0 saturated carbocycles. The van der Waals surface area contributed by atoms with E-state index in [0.717, 1.165) is 44.9 Å². The average Bonchev–Trinajstić information content (AvgIpc) is 3.47. The molecule has 3 N–H and O–H groups in total. The van der Waals surface area contributed by atoms with Crippen molar-refractivity contribution in [3.63, 3.8) is 0 Å². The van der Waals surface area contributed by atoms with Crippen LogP contribution in [-0.4, -0.2) is 47.4 Å². The predicted molar refractivity (Wildman–Crippen MR) is 356 cm³/mol. The fourth-order valence-corrected chi connectivity index (χ4v) is 11.6. The lowest BCUT2D eigenvalue weighted by atomic mass is 10.0. The molecule has 0 aliphatic carbocycles. The minimum Gasteiger partial charge on any atom is -0.466 e. The second-order valence-electron chi connectivity index (χ2n) is 25.3. The quantitative estimate of drug-likeness (QED) is 0.0320. The van der Waals surface area contributed by atoms with E-state index in [9.17, 15) is 19.8 Å². The average molecular weight is 1140 g/mol. The van der Waals surface area contributed by atoms with Gasteiger partial charge in [0.2, 0.25) is 5.91 Å². The Hall–Kier alpha value is -1.92. The van der Waals surface area contributed by atoms with Crippen LogP contribution in [0, 0.1) is 0 Å². The first-order chi connectivity index (χ1) is 40.0. The van der Waals surface area contributed by atoms with Gasteiger partial charge in [0.15, 0.2) is 0 Å². The maximum atomic E-state index is 12.4. The first-order valence-electron chi connectivity index (χ1n) is 36.8. The fraction of sp³-hybridized carbons (Fsp3) is 0.893. The van der Waals surface area contributed by atoms with Crippen LogP contribution in [0.25, 0.3) is 0 Å². The fourth-order valence-electron chi connectivity index (χ4n) is 11.6. The number of ether oxygens (including phenoxy) is 1. The van der Waals surface area contributed by atoms with Gasteiger partial charge in [-0.15, -0.1) is 0 Å². The zero-order chi connectivity index (χ0) is 58.5. The van der Waals surface area contributed by atoms with E-state index in [2.05, 4.69) is 43.5 Å². The lowest BCUT2D eigenvalue weighted by molar-refractivity contribution is -0.143. The summed E-state index contributed by atoms with van der Waals surface area (Å²) in [4.78, 5) is 24.5. The van der Waals surface area contributed by atoms with Gasteiger partial charge in [0, 0.05) is 12.8 Å². The molecule has 0 saturated heterocycles. The zero-order valence-corrected chi connectivity index (χ0v) is 54.8. The number of aliphatic hydroxyl groups excluding tert-OH is 2. The van der Waals surface area contributed by atoms with E-state index in [1.807, 2.05) is 6.08 Å². The van der Waals surface area contributed by atoms with Crippen molar-refractivity contribution in [2.45, 2.75) is 418 Å². The van der Waals surface area contributed by atoms with Crippen LogP contribution < -0.4 is 5.32 Å². The van der Waals surface area contributed by atoms with Gasteiger partial charge < -0.3 is 20.3 Å². The molecule has 478 valence electrons. The summed E-state index contributed by atoms with van der Waals surface area (Å²) in [6.45, 7) is 4.92. The number of hydrogen-bond acceptors (Lipinski definition) is 5. The Morgan fingerprint density at radius 2 is 0.617 bits per heavy atom. The summed E-state index contributed by atoms with van der Waals surface area (Å²) >= 11 is 0. The first kappa shape index (κ1) is 79.1. The standard InChI is InChI=1S/C75H143NO5/c1-3-5-7-9-11-13-15-16-45-49-53-57-61-65-69-75(80)81-70-66-62-58-54-50-46-43-41-39-37-35-33-31-29-27-25-23-21-19-17-18-20-22-24-26-28-30-32-34-36-38-40-42-44-48-52-56-60-64-68-74(79)76-72(71-77)73(78)67-63-59-55-51-47-14-12-10-8-6-4-2/h17-18,21,23,63,67,72-73,77-78H,3-16,19-20,22,24-62,64-66,68-71H2,1-2H3,(H,76,79)/b18-17-,23-21-,67-63+. The van der Waals surface area contributed by atoms with Crippen LogP contribution in [0.2, 0.25) is 0 Å². The van der Waals surface area contributed by atoms with Crippen molar-refractivity contribution in [1.29, 1.82) is 0 Å². The number of amides is 1. The van der Waals surface area contributed by atoms with E-state index in [0.29, 0.717) is 19.4 Å². The highest BCUT2D eigenvalue weighted by Crippen LogP contribution is 2.19. The third-order valence-corrected chi connectivity index (χ3v) is 17.2. The van der Waals surface area contributed by atoms with Crippen molar-refractivity contribution in [3.8, 4) is 0 Å². The summed E-state index contributed by atoms with van der Waals surface area (Å²) in [7, 11) is 0. The molecule has 0 rings (SSSR count). The Bertz CT molecular complexity index is 1310. The minimum absolute atomic E-state index is 0.0228. The Balaban J connectivity index is 3.34. The third kappa shape index (κ3) is 67.1. The van der Waals surface area contributed by atoms with Crippen LogP contribution in [0.3, 0.4) is 0 Å². The SMILES string of the molecule is CCCCCCCCCCC/C=C/C(O)C(CO)NC(=O)CCCCCCCCCCCCCCCCCCC/C=C\C/C=C\CCCCCCCCCCCCCCCCCOC(=O)CCCCCCCCCCCCCCCC.